The molecule has 0 atom stereocenters. The summed E-state index contributed by atoms with van der Waals surface area (Å²) in [4.78, 5) is 36.0. The number of carbonyl (C=O) groups is 1. The number of thiazole rings is 1. The molecule has 0 fully saturated rings. The van der Waals surface area contributed by atoms with Gasteiger partial charge in [-0.15, -0.1) is 11.3 Å². The monoisotopic (exact) mass is 352 g/mol. The Kier molecular flexibility index (Phi) is 6.70. The maximum absolute atomic E-state index is 12.3. The molecule has 2 aromatic heterocycles. The number of hydrogen-bond acceptors (Lipinski definition) is 7. The van der Waals surface area contributed by atoms with Crippen LogP contribution in [0, 0.1) is 0 Å². The molecule has 0 radical (unpaired) electrons. The van der Waals surface area contributed by atoms with Crippen molar-refractivity contribution in [1.82, 2.24) is 25.2 Å². The molecule has 130 valence electrons. The molecule has 9 nitrogen and oxygen atoms in total. The van der Waals surface area contributed by atoms with Crippen LogP contribution in [-0.4, -0.2) is 52.7 Å². The first-order chi connectivity index (χ1) is 11.6. The Bertz CT molecular complexity index is 703. The fraction of sp³-hybridized carbons (Fsp3) is 0.429. The predicted molar refractivity (Wildman–Crippen MR) is 90.8 cm³/mol. The van der Waals surface area contributed by atoms with Crippen LogP contribution in [0.4, 0.5) is 10.6 Å². The summed E-state index contributed by atoms with van der Waals surface area (Å²) in [6.45, 7) is 1.63. The number of H-pyrrole nitrogens is 1. The number of rotatable bonds is 8. The number of anilines is 1. The number of nitrogens with one attached hydrogen (secondary N) is 2. The van der Waals surface area contributed by atoms with Crippen molar-refractivity contribution in [1.29, 1.82) is 0 Å². The molecule has 0 unspecified atom stereocenters. The minimum Gasteiger partial charge on any atom is -0.383 e. The Morgan fingerprint density at radius 2 is 2.38 bits per heavy atom. The molecule has 2 rings (SSSR count). The molecule has 4 N–H and O–H groups in total. The van der Waals surface area contributed by atoms with Crippen LogP contribution in [0.2, 0.25) is 0 Å². The first-order valence-corrected chi connectivity index (χ1v) is 8.22. The average Bonchev–Trinajstić information content (AvgIpc) is 3.03. The van der Waals surface area contributed by atoms with Gasteiger partial charge in [0, 0.05) is 44.3 Å². The van der Waals surface area contributed by atoms with Crippen LogP contribution < -0.4 is 16.6 Å². The molecule has 0 saturated heterocycles. The Morgan fingerprint density at radius 1 is 1.54 bits per heavy atom. The smallest absolute Gasteiger partial charge is 0.317 e. The van der Waals surface area contributed by atoms with Crippen molar-refractivity contribution in [2.45, 2.75) is 13.0 Å². The third-order valence-corrected chi connectivity index (χ3v) is 3.88. The third-order valence-electron chi connectivity index (χ3n) is 3.11. The van der Waals surface area contributed by atoms with E-state index in [4.69, 9.17) is 10.5 Å². The zero-order valence-electron chi connectivity index (χ0n) is 13.3. The van der Waals surface area contributed by atoms with E-state index in [2.05, 4.69) is 20.3 Å². The maximum atomic E-state index is 12.3. The highest BCUT2D eigenvalue weighted by Crippen LogP contribution is 2.08. The fourth-order valence-electron chi connectivity index (χ4n) is 1.99. The highest BCUT2D eigenvalue weighted by Gasteiger charge is 2.14. The lowest BCUT2D eigenvalue weighted by Gasteiger charge is -2.21. The van der Waals surface area contributed by atoms with Crippen molar-refractivity contribution in [2.24, 2.45) is 0 Å². The largest absolute Gasteiger partial charge is 0.383 e. The Labute approximate surface area is 142 Å². The summed E-state index contributed by atoms with van der Waals surface area (Å²) in [7, 11) is 1.58. The van der Waals surface area contributed by atoms with Crippen LogP contribution in [0.3, 0.4) is 0 Å². The Hall–Kier alpha value is -2.46. The second-order valence-corrected chi connectivity index (χ2v) is 5.92. The van der Waals surface area contributed by atoms with Crippen molar-refractivity contribution in [3.63, 3.8) is 0 Å². The third kappa shape index (κ3) is 5.63. The number of nitrogens with two attached hydrogens (primary N) is 1. The van der Waals surface area contributed by atoms with E-state index in [-0.39, 0.29) is 17.4 Å². The lowest BCUT2D eigenvalue weighted by Crippen LogP contribution is -2.42. The van der Waals surface area contributed by atoms with Crippen molar-refractivity contribution >= 4 is 23.2 Å². The number of hydrogen-bond donors (Lipinski definition) is 3. The van der Waals surface area contributed by atoms with Crippen LogP contribution in [0.15, 0.2) is 22.4 Å². The van der Waals surface area contributed by atoms with Gasteiger partial charge in [-0.3, -0.25) is 4.79 Å². The first kappa shape index (κ1) is 17.9. The number of carbonyl (C=O) groups excluding carboxylic acids is 1. The zero-order chi connectivity index (χ0) is 17.4. The van der Waals surface area contributed by atoms with E-state index >= 15 is 0 Å². The van der Waals surface area contributed by atoms with Gasteiger partial charge in [-0.05, 0) is 0 Å². The number of nitrogen functional groups attached to an aromatic ring is 1. The first-order valence-electron chi connectivity index (χ1n) is 7.34. The van der Waals surface area contributed by atoms with Gasteiger partial charge >= 0.3 is 6.03 Å². The van der Waals surface area contributed by atoms with Crippen molar-refractivity contribution in [2.75, 3.05) is 32.5 Å². The van der Waals surface area contributed by atoms with Gasteiger partial charge in [0.25, 0.3) is 5.56 Å². The van der Waals surface area contributed by atoms with Crippen LogP contribution in [-0.2, 0) is 17.7 Å². The number of aromatic nitrogens is 3. The molecule has 0 aliphatic heterocycles. The quantitative estimate of drug-likeness (QED) is 0.623. The summed E-state index contributed by atoms with van der Waals surface area (Å²) in [5, 5.41) is 5.51. The van der Waals surface area contributed by atoms with Crippen molar-refractivity contribution < 1.29 is 9.53 Å². The standard InChI is InChI=1S/C14H20N6O3S/c1-23-6-5-20(9-13-16-4-7-24-13)14(22)17-3-2-11-18-10(15)8-12(21)19-11/h4,7-8H,2-3,5-6,9H2,1H3,(H,17,22)(H3,15,18,19,21). The Morgan fingerprint density at radius 3 is 3.04 bits per heavy atom. The van der Waals surface area contributed by atoms with Gasteiger partial charge < -0.3 is 25.7 Å². The molecule has 2 aromatic rings. The second-order valence-electron chi connectivity index (χ2n) is 4.94. The average molecular weight is 352 g/mol. The van der Waals surface area contributed by atoms with Crippen LogP contribution in [0.5, 0.6) is 0 Å². The molecule has 0 spiro atoms. The minimum absolute atomic E-state index is 0.158. The molecular formula is C14H20N6O3S. The molecule has 2 amide bonds. The lowest BCUT2D eigenvalue weighted by atomic mass is 10.4. The summed E-state index contributed by atoms with van der Waals surface area (Å²) >= 11 is 1.49. The molecule has 10 heteroatoms. The van der Waals surface area contributed by atoms with Crippen LogP contribution in [0.25, 0.3) is 0 Å². The highest BCUT2D eigenvalue weighted by molar-refractivity contribution is 7.09. The summed E-state index contributed by atoms with van der Waals surface area (Å²) < 4.78 is 5.04. The second kappa shape index (κ2) is 8.99. The summed E-state index contributed by atoms with van der Waals surface area (Å²) in [5.41, 5.74) is 5.21. The molecular weight excluding hydrogens is 332 g/mol. The lowest BCUT2D eigenvalue weighted by molar-refractivity contribution is 0.146. The number of aromatic amines is 1. The van der Waals surface area contributed by atoms with E-state index in [0.29, 0.717) is 38.5 Å². The molecule has 0 bridgehead atoms. The number of methoxy groups -OCH3 is 1. The van der Waals surface area contributed by atoms with Crippen molar-refractivity contribution in [3.05, 3.63) is 38.8 Å². The van der Waals surface area contributed by atoms with Gasteiger partial charge in [-0.1, -0.05) is 0 Å². The molecule has 0 saturated carbocycles. The van der Waals surface area contributed by atoms with E-state index in [1.54, 1.807) is 18.2 Å². The van der Waals surface area contributed by atoms with E-state index in [1.165, 1.54) is 17.4 Å². The van der Waals surface area contributed by atoms with Crippen molar-refractivity contribution in [3.8, 4) is 0 Å². The molecule has 0 aliphatic rings. The molecule has 24 heavy (non-hydrogen) atoms. The highest BCUT2D eigenvalue weighted by atomic mass is 32.1. The van der Waals surface area contributed by atoms with Crippen LogP contribution >= 0.6 is 11.3 Å². The van der Waals surface area contributed by atoms with Gasteiger partial charge in [0.15, 0.2) is 0 Å². The molecule has 0 aromatic carbocycles. The number of nitrogens with zero attached hydrogens (tertiary/aromatic N) is 3. The number of urea groups is 1. The number of amides is 2. The zero-order valence-corrected chi connectivity index (χ0v) is 14.1. The minimum atomic E-state index is -0.311. The SMILES string of the molecule is COCCN(Cc1nccs1)C(=O)NCCc1nc(N)cc(=O)[nH]1. The fourth-order valence-corrected chi connectivity index (χ4v) is 2.63. The summed E-state index contributed by atoms with van der Waals surface area (Å²) in [6.07, 6.45) is 2.08. The predicted octanol–water partition coefficient (Wildman–Crippen LogP) is 0.209. The molecule has 2 heterocycles. The summed E-state index contributed by atoms with van der Waals surface area (Å²) in [6, 6.07) is 0.983. The van der Waals surface area contributed by atoms with E-state index < -0.39 is 0 Å². The van der Waals surface area contributed by atoms with E-state index in [0.717, 1.165) is 5.01 Å². The number of ether oxygens (including phenoxy) is 1. The summed E-state index contributed by atoms with van der Waals surface area (Å²) in [5.74, 6) is 0.592. The van der Waals surface area contributed by atoms with Gasteiger partial charge in [-0.25, -0.2) is 14.8 Å². The van der Waals surface area contributed by atoms with E-state index in [9.17, 15) is 9.59 Å². The van der Waals surface area contributed by atoms with Gasteiger partial charge in [0.05, 0.1) is 13.2 Å². The van der Waals surface area contributed by atoms with Crippen LogP contribution in [0.1, 0.15) is 10.8 Å². The topological polar surface area (TPSA) is 126 Å². The van der Waals surface area contributed by atoms with Gasteiger partial charge in [0.2, 0.25) is 0 Å². The van der Waals surface area contributed by atoms with Gasteiger partial charge in [-0.2, -0.15) is 0 Å². The molecule has 0 aliphatic carbocycles. The van der Waals surface area contributed by atoms with E-state index in [1.807, 2.05) is 5.38 Å². The normalized spacial score (nSPS) is 10.5. The Balaban J connectivity index is 1.88. The van der Waals surface area contributed by atoms with Gasteiger partial charge in [0.1, 0.15) is 16.6 Å². The maximum Gasteiger partial charge on any atom is 0.317 e.